The first kappa shape index (κ1) is 18.5. The van der Waals surface area contributed by atoms with Gasteiger partial charge in [0.2, 0.25) is 0 Å². The Hall–Kier alpha value is -1.33. The van der Waals surface area contributed by atoms with Crippen LogP contribution in [0.5, 0.6) is 0 Å². The lowest BCUT2D eigenvalue weighted by Gasteiger charge is -2.33. The molecular weight excluding hydrogens is 348 g/mol. The lowest BCUT2D eigenvalue weighted by atomic mass is 9.72. The van der Waals surface area contributed by atoms with E-state index in [1.165, 1.54) is 10.4 Å². The third kappa shape index (κ3) is 3.49. The first-order valence-electron chi connectivity index (χ1n) is 8.76. The largest absolute Gasteiger partial charge is 0.283 e. The first-order valence-corrected chi connectivity index (χ1v) is 10.6. The molecular formula is C20H26N2OS2. The van der Waals surface area contributed by atoms with Gasteiger partial charge in [-0.15, -0.1) is 24.5 Å². The molecule has 0 bridgehead atoms. The van der Waals surface area contributed by atoms with Crippen molar-refractivity contribution in [3.05, 3.63) is 46.1 Å². The Morgan fingerprint density at radius 3 is 2.76 bits per heavy atom. The normalized spacial score (nSPS) is 17.5. The first-order chi connectivity index (χ1) is 11.9. The Balaban J connectivity index is 2.13. The zero-order valence-corrected chi connectivity index (χ0v) is 16.9. The van der Waals surface area contributed by atoms with E-state index in [0.29, 0.717) is 17.9 Å². The number of allylic oxidation sites excluding steroid dienone is 1. The van der Waals surface area contributed by atoms with Crippen LogP contribution in [0.3, 0.4) is 0 Å². The van der Waals surface area contributed by atoms with Crippen LogP contribution in [0.4, 0.5) is 0 Å². The highest BCUT2D eigenvalue weighted by molar-refractivity contribution is 7.99. The van der Waals surface area contributed by atoms with Crippen molar-refractivity contribution < 1.29 is 0 Å². The van der Waals surface area contributed by atoms with Crippen LogP contribution in [0.1, 0.15) is 37.6 Å². The van der Waals surface area contributed by atoms with Crippen LogP contribution in [0.15, 0.2) is 35.3 Å². The smallest absolute Gasteiger partial charge is 0.263 e. The SMILES string of the molecule is C=CCSc1nc2sc3c(c2c(=O)n1CC=C)CC[C@H](C(C)(C)C)C3. The molecule has 2 heterocycles. The molecule has 1 aliphatic carbocycles. The van der Waals surface area contributed by atoms with Crippen LogP contribution in [0, 0.1) is 11.3 Å². The van der Waals surface area contributed by atoms with Gasteiger partial charge in [0, 0.05) is 17.2 Å². The Morgan fingerprint density at radius 1 is 1.36 bits per heavy atom. The predicted molar refractivity (Wildman–Crippen MR) is 110 cm³/mol. The van der Waals surface area contributed by atoms with Crippen molar-refractivity contribution in [1.82, 2.24) is 9.55 Å². The number of aryl methyl sites for hydroxylation is 1. The molecule has 0 amide bonds. The van der Waals surface area contributed by atoms with Gasteiger partial charge in [0.05, 0.1) is 5.39 Å². The highest BCUT2D eigenvalue weighted by Gasteiger charge is 2.32. The van der Waals surface area contributed by atoms with Crippen molar-refractivity contribution in [3.63, 3.8) is 0 Å². The summed E-state index contributed by atoms with van der Waals surface area (Å²) in [6, 6.07) is 0. The topological polar surface area (TPSA) is 34.9 Å². The van der Waals surface area contributed by atoms with Crippen molar-refractivity contribution in [2.75, 3.05) is 5.75 Å². The fourth-order valence-electron chi connectivity index (χ4n) is 3.51. The van der Waals surface area contributed by atoms with Crippen LogP contribution in [-0.4, -0.2) is 15.3 Å². The van der Waals surface area contributed by atoms with E-state index >= 15 is 0 Å². The third-order valence-corrected chi connectivity index (χ3v) is 7.12. The lowest BCUT2D eigenvalue weighted by molar-refractivity contribution is 0.218. The van der Waals surface area contributed by atoms with Crippen molar-refractivity contribution in [2.45, 2.75) is 51.7 Å². The molecule has 25 heavy (non-hydrogen) atoms. The third-order valence-electron chi connectivity index (χ3n) is 5.00. The minimum atomic E-state index is 0.0863. The van der Waals surface area contributed by atoms with E-state index < -0.39 is 0 Å². The zero-order valence-electron chi connectivity index (χ0n) is 15.3. The van der Waals surface area contributed by atoms with Crippen molar-refractivity contribution in [3.8, 4) is 0 Å². The summed E-state index contributed by atoms with van der Waals surface area (Å²) in [5.74, 6) is 1.41. The predicted octanol–water partition coefficient (Wildman–Crippen LogP) is 5.07. The monoisotopic (exact) mass is 374 g/mol. The van der Waals surface area contributed by atoms with Gasteiger partial charge in [-0.25, -0.2) is 4.98 Å². The van der Waals surface area contributed by atoms with Crippen LogP contribution in [-0.2, 0) is 19.4 Å². The van der Waals surface area contributed by atoms with Gasteiger partial charge in [-0.2, -0.15) is 0 Å². The molecule has 0 fully saturated rings. The van der Waals surface area contributed by atoms with E-state index in [-0.39, 0.29) is 5.56 Å². The number of hydrogen-bond donors (Lipinski definition) is 0. The second-order valence-corrected chi connectivity index (χ2v) is 9.76. The minimum absolute atomic E-state index is 0.0863. The Kier molecular flexibility index (Phi) is 5.26. The molecule has 1 aliphatic rings. The molecule has 2 aromatic heterocycles. The highest BCUT2D eigenvalue weighted by atomic mass is 32.2. The van der Waals surface area contributed by atoms with Crippen LogP contribution >= 0.6 is 23.1 Å². The number of fused-ring (bicyclic) bond motifs is 3. The summed E-state index contributed by atoms with van der Waals surface area (Å²) in [4.78, 5) is 20.3. The Labute approximate surface area is 157 Å². The minimum Gasteiger partial charge on any atom is -0.283 e. The van der Waals surface area contributed by atoms with Crippen LogP contribution in [0.25, 0.3) is 10.2 Å². The zero-order chi connectivity index (χ0) is 18.2. The maximum absolute atomic E-state index is 13.2. The molecule has 0 radical (unpaired) electrons. The van der Waals surface area contributed by atoms with Gasteiger partial charge in [0.1, 0.15) is 4.83 Å². The van der Waals surface area contributed by atoms with Gasteiger partial charge in [-0.1, -0.05) is 44.7 Å². The van der Waals surface area contributed by atoms with Crippen molar-refractivity contribution in [1.29, 1.82) is 0 Å². The molecule has 0 saturated heterocycles. The molecule has 3 nitrogen and oxygen atoms in total. The molecule has 0 unspecified atom stereocenters. The molecule has 0 spiro atoms. The summed E-state index contributed by atoms with van der Waals surface area (Å²) >= 11 is 3.28. The average Bonchev–Trinajstić information content (AvgIpc) is 2.92. The van der Waals surface area contributed by atoms with Gasteiger partial charge in [0.25, 0.3) is 5.56 Å². The van der Waals surface area contributed by atoms with Crippen LogP contribution < -0.4 is 5.56 Å². The maximum atomic E-state index is 13.2. The molecule has 3 rings (SSSR count). The second-order valence-electron chi connectivity index (χ2n) is 7.69. The van der Waals surface area contributed by atoms with Gasteiger partial charge in [-0.05, 0) is 36.2 Å². The number of hydrogen-bond acceptors (Lipinski definition) is 4. The number of nitrogens with zero attached hydrogens (tertiary/aromatic N) is 2. The Morgan fingerprint density at radius 2 is 2.12 bits per heavy atom. The summed E-state index contributed by atoms with van der Waals surface area (Å²) in [6.45, 7) is 15.0. The van der Waals surface area contributed by atoms with E-state index in [2.05, 4.69) is 33.9 Å². The summed E-state index contributed by atoms with van der Waals surface area (Å²) in [5.41, 5.74) is 1.63. The van der Waals surface area contributed by atoms with E-state index in [1.807, 2.05) is 6.08 Å². The summed E-state index contributed by atoms with van der Waals surface area (Å²) in [5, 5.41) is 1.61. The van der Waals surface area contributed by atoms with E-state index in [0.717, 1.165) is 40.4 Å². The molecule has 5 heteroatoms. The molecule has 0 aliphatic heterocycles. The van der Waals surface area contributed by atoms with E-state index in [9.17, 15) is 4.79 Å². The van der Waals surface area contributed by atoms with Crippen molar-refractivity contribution in [2.24, 2.45) is 11.3 Å². The average molecular weight is 375 g/mol. The van der Waals surface area contributed by atoms with Gasteiger partial charge < -0.3 is 0 Å². The van der Waals surface area contributed by atoms with E-state index in [4.69, 9.17) is 4.98 Å². The number of thioether (sulfide) groups is 1. The number of thiophene rings is 1. The summed E-state index contributed by atoms with van der Waals surface area (Å²) in [7, 11) is 0. The lowest BCUT2D eigenvalue weighted by Crippen LogP contribution is -2.27. The van der Waals surface area contributed by atoms with Gasteiger partial charge in [-0.3, -0.25) is 9.36 Å². The number of rotatable bonds is 5. The Bertz CT molecular complexity index is 870. The van der Waals surface area contributed by atoms with E-state index in [1.54, 1.807) is 33.7 Å². The molecule has 0 N–H and O–H groups in total. The van der Waals surface area contributed by atoms with Crippen molar-refractivity contribution >= 4 is 33.3 Å². The fourth-order valence-corrected chi connectivity index (χ4v) is 5.60. The summed E-state index contributed by atoms with van der Waals surface area (Å²) in [6.07, 6.45) is 6.81. The molecule has 134 valence electrons. The van der Waals surface area contributed by atoms with Crippen LogP contribution in [0.2, 0.25) is 0 Å². The quantitative estimate of drug-likeness (QED) is 0.416. The standard InChI is InChI=1S/C20H26N2OS2/c1-6-10-22-18(23)16-14-9-8-13(20(3,4)5)12-15(14)25-17(16)21-19(22)24-11-7-2/h6-7,13H,1-2,8-12H2,3-5H3/t13-/m0/s1. The van der Waals surface area contributed by atoms with Gasteiger partial charge >= 0.3 is 0 Å². The van der Waals surface area contributed by atoms with Gasteiger partial charge in [0.15, 0.2) is 5.16 Å². The molecule has 0 aromatic carbocycles. The summed E-state index contributed by atoms with van der Waals surface area (Å²) < 4.78 is 1.76. The fraction of sp³-hybridized carbons (Fsp3) is 0.500. The molecule has 1 atom stereocenters. The number of aromatic nitrogens is 2. The second kappa shape index (κ2) is 7.12. The molecule has 2 aromatic rings. The maximum Gasteiger partial charge on any atom is 0.263 e. The highest BCUT2D eigenvalue weighted by Crippen LogP contribution is 2.42. The molecule has 0 saturated carbocycles.